The third-order valence-electron chi connectivity index (χ3n) is 6.46. The molecule has 4 aliphatic rings. The summed E-state index contributed by atoms with van der Waals surface area (Å²) < 4.78 is 0. The lowest BCUT2D eigenvalue weighted by molar-refractivity contribution is -0.118. The molecule has 4 bridgehead atoms. The van der Waals surface area contributed by atoms with Gasteiger partial charge in [-0.3, -0.25) is 4.79 Å². The molecule has 5 rings (SSSR count). The highest BCUT2D eigenvalue weighted by atomic mass is 16.2. The number of nitrogens with one attached hydrogen (secondary N) is 1. The molecule has 4 heterocycles. The summed E-state index contributed by atoms with van der Waals surface area (Å²) in [5.74, 6) is 0.0193. The lowest BCUT2D eigenvalue weighted by Gasteiger charge is -2.56. The minimum Gasteiger partial charge on any atom is -0.370 e. The van der Waals surface area contributed by atoms with Crippen molar-refractivity contribution >= 4 is 11.9 Å². The van der Waals surface area contributed by atoms with E-state index in [9.17, 15) is 9.59 Å². The summed E-state index contributed by atoms with van der Waals surface area (Å²) in [6.07, 6.45) is 0.184. The van der Waals surface area contributed by atoms with E-state index < -0.39 is 0 Å². The predicted octanol–water partition coefficient (Wildman–Crippen LogP) is 0.0708. The molecule has 3 N–H and O–H groups in total. The van der Waals surface area contributed by atoms with Crippen LogP contribution in [0.15, 0.2) is 30.3 Å². The molecule has 27 heavy (non-hydrogen) atoms. The van der Waals surface area contributed by atoms with Crippen LogP contribution in [0.1, 0.15) is 12.0 Å². The zero-order valence-electron chi connectivity index (χ0n) is 15.9. The first-order valence-electron chi connectivity index (χ1n) is 9.78. The van der Waals surface area contributed by atoms with E-state index >= 15 is 0 Å². The Morgan fingerprint density at radius 1 is 1.19 bits per heavy atom. The Morgan fingerprint density at radius 3 is 2.41 bits per heavy atom. The van der Waals surface area contributed by atoms with Crippen LogP contribution in [-0.4, -0.2) is 85.5 Å². The standard InChI is InChI=1S/C20H29N5O2/c1-23(8-7-17(21)26)19(27)22-18-15-11-24-9-10-25(12-15)14-20(18,13-24)16-5-3-2-4-6-16/h2-6,15,18H,7-14H2,1H3,(H2,21,26)(H,22,27)/t15?,18-,20?/m0/s1. The van der Waals surface area contributed by atoms with Crippen LogP contribution in [0.2, 0.25) is 0 Å². The van der Waals surface area contributed by atoms with Gasteiger partial charge in [0, 0.05) is 76.7 Å². The van der Waals surface area contributed by atoms with Crippen LogP contribution in [-0.2, 0) is 10.2 Å². The molecular weight excluding hydrogens is 342 g/mol. The number of nitrogens with zero attached hydrogens (tertiary/aromatic N) is 3. The van der Waals surface area contributed by atoms with Crippen LogP contribution in [0, 0.1) is 5.92 Å². The molecule has 0 aliphatic carbocycles. The smallest absolute Gasteiger partial charge is 0.317 e. The average Bonchev–Trinajstić information content (AvgIpc) is 2.91. The molecule has 7 nitrogen and oxygen atoms in total. The van der Waals surface area contributed by atoms with Gasteiger partial charge in [-0.05, 0) is 5.56 Å². The maximum absolute atomic E-state index is 12.8. The third-order valence-corrected chi connectivity index (χ3v) is 6.46. The lowest BCUT2D eigenvalue weighted by Crippen LogP contribution is -2.71. The van der Waals surface area contributed by atoms with Gasteiger partial charge in [0.1, 0.15) is 0 Å². The third kappa shape index (κ3) is 3.41. The summed E-state index contributed by atoms with van der Waals surface area (Å²) in [6, 6.07) is 10.6. The fraction of sp³-hybridized carbons (Fsp3) is 0.600. The van der Waals surface area contributed by atoms with Crippen LogP contribution in [0.3, 0.4) is 0 Å². The highest BCUT2D eigenvalue weighted by molar-refractivity contribution is 5.77. The number of fused-ring (bicyclic) bond motifs is 1. The second kappa shape index (κ2) is 7.13. The summed E-state index contributed by atoms with van der Waals surface area (Å²) in [5, 5.41) is 3.33. The summed E-state index contributed by atoms with van der Waals surface area (Å²) >= 11 is 0. The maximum Gasteiger partial charge on any atom is 0.317 e. The number of rotatable bonds is 5. The van der Waals surface area contributed by atoms with E-state index in [1.807, 2.05) is 6.07 Å². The number of piperidine rings is 2. The number of hydrogen-bond acceptors (Lipinski definition) is 4. The molecular formula is C20H29N5O2. The largest absolute Gasteiger partial charge is 0.370 e. The highest BCUT2D eigenvalue weighted by Crippen LogP contribution is 2.43. The fourth-order valence-electron chi connectivity index (χ4n) is 5.19. The molecule has 1 aromatic carbocycles. The zero-order chi connectivity index (χ0) is 19.0. The van der Waals surface area contributed by atoms with Crippen LogP contribution < -0.4 is 11.1 Å². The predicted molar refractivity (Wildman–Crippen MR) is 103 cm³/mol. The van der Waals surface area contributed by atoms with E-state index in [4.69, 9.17) is 5.73 Å². The van der Waals surface area contributed by atoms with Gasteiger partial charge in [-0.25, -0.2) is 4.79 Å². The van der Waals surface area contributed by atoms with Crippen molar-refractivity contribution in [1.29, 1.82) is 0 Å². The Bertz CT molecular complexity index is 694. The molecule has 0 radical (unpaired) electrons. The zero-order valence-corrected chi connectivity index (χ0v) is 15.9. The summed E-state index contributed by atoms with van der Waals surface area (Å²) in [4.78, 5) is 30.6. The van der Waals surface area contributed by atoms with Gasteiger partial charge in [-0.1, -0.05) is 30.3 Å². The number of nitrogens with two attached hydrogens (primary N) is 1. The average molecular weight is 371 g/mol. The Kier molecular flexibility index (Phi) is 4.82. The second-order valence-corrected chi connectivity index (χ2v) is 8.32. The van der Waals surface area contributed by atoms with Gasteiger partial charge in [0.15, 0.2) is 0 Å². The summed E-state index contributed by atoms with van der Waals surface area (Å²) in [7, 11) is 1.72. The lowest BCUT2D eigenvalue weighted by atomic mass is 9.64. The monoisotopic (exact) mass is 371 g/mol. The van der Waals surface area contributed by atoms with Gasteiger partial charge in [0.2, 0.25) is 5.91 Å². The number of hydrogen-bond donors (Lipinski definition) is 2. The molecule has 0 spiro atoms. The van der Waals surface area contributed by atoms with Crippen molar-refractivity contribution in [3.8, 4) is 0 Å². The van der Waals surface area contributed by atoms with Gasteiger partial charge >= 0.3 is 6.03 Å². The number of carbonyl (C=O) groups excluding carboxylic acids is 2. The topological polar surface area (TPSA) is 81.9 Å². The molecule has 4 fully saturated rings. The number of amides is 3. The first-order chi connectivity index (χ1) is 13.0. The van der Waals surface area contributed by atoms with E-state index in [0.717, 1.165) is 39.3 Å². The number of urea groups is 1. The van der Waals surface area contributed by atoms with E-state index in [2.05, 4.69) is 39.4 Å². The molecule has 4 saturated heterocycles. The number of primary amides is 1. The van der Waals surface area contributed by atoms with Crippen molar-refractivity contribution in [3.63, 3.8) is 0 Å². The first-order valence-corrected chi connectivity index (χ1v) is 9.78. The molecule has 1 aromatic rings. The van der Waals surface area contributed by atoms with Crippen molar-refractivity contribution in [1.82, 2.24) is 20.0 Å². The van der Waals surface area contributed by atoms with E-state index in [1.165, 1.54) is 5.56 Å². The van der Waals surface area contributed by atoms with Gasteiger partial charge in [-0.15, -0.1) is 0 Å². The number of carbonyl (C=O) groups is 2. The molecule has 146 valence electrons. The molecule has 3 atom stereocenters. The second-order valence-electron chi connectivity index (χ2n) is 8.32. The van der Waals surface area contributed by atoms with Crippen LogP contribution >= 0.6 is 0 Å². The maximum atomic E-state index is 12.8. The Hall–Kier alpha value is -2.12. The molecule has 7 heteroatoms. The van der Waals surface area contributed by atoms with Gasteiger partial charge in [0.05, 0.1) is 0 Å². The normalized spacial score (nSPS) is 34.1. The Labute approximate surface area is 160 Å². The Morgan fingerprint density at radius 2 is 1.81 bits per heavy atom. The van der Waals surface area contributed by atoms with Crippen molar-refractivity contribution in [2.45, 2.75) is 17.9 Å². The van der Waals surface area contributed by atoms with Gasteiger partial charge < -0.3 is 25.8 Å². The summed E-state index contributed by atoms with van der Waals surface area (Å²) in [5.41, 5.74) is 6.43. The van der Waals surface area contributed by atoms with Crippen molar-refractivity contribution in [2.75, 3.05) is 52.9 Å². The first kappa shape index (κ1) is 18.3. The molecule has 2 unspecified atom stereocenters. The van der Waals surface area contributed by atoms with Crippen LogP contribution in [0.5, 0.6) is 0 Å². The Balaban J connectivity index is 1.60. The molecule has 0 aromatic heterocycles. The molecule has 3 amide bonds. The summed E-state index contributed by atoms with van der Waals surface area (Å²) in [6.45, 7) is 6.55. The van der Waals surface area contributed by atoms with E-state index in [0.29, 0.717) is 12.5 Å². The van der Waals surface area contributed by atoms with Crippen molar-refractivity contribution in [3.05, 3.63) is 35.9 Å². The number of benzene rings is 1. The molecule has 0 saturated carbocycles. The minimum absolute atomic E-state index is 0.0917. The van der Waals surface area contributed by atoms with Gasteiger partial charge in [0.25, 0.3) is 0 Å². The van der Waals surface area contributed by atoms with Crippen LogP contribution in [0.25, 0.3) is 0 Å². The fourth-order valence-corrected chi connectivity index (χ4v) is 5.19. The molecule has 4 aliphatic heterocycles. The van der Waals surface area contributed by atoms with Gasteiger partial charge in [-0.2, -0.15) is 0 Å². The van der Waals surface area contributed by atoms with E-state index in [1.54, 1.807) is 11.9 Å². The quantitative estimate of drug-likeness (QED) is 0.768. The van der Waals surface area contributed by atoms with Crippen LogP contribution in [0.4, 0.5) is 4.79 Å². The van der Waals surface area contributed by atoms with Crippen molar-refractivity contribution < 1.29 is 9.59 Å². The van der Waals surface area contributed by atoms with E-state index in [-0.39, 0.29) is 29.8 Å². The minimum atomic E-state index is -0.387. The SMILES string of the molecule is CN(CCC(N)=O)C(=O)N[C@H]1C2CN3CCN(C2)CC1(c1ccccc1)C3. The van der Waals surface area contributed by atoms with Crippen molar-refractivity contribution in [2.24, 2.45) is 11.7 Å². The highest BCUT2D eigenvalue weighted by Gasteiger charge is 2.55.